The molecule has 21 heavy (non-hydrogen) atoms. The SMILES string of the molecule is COC(=O)C1CCCCN1C(=O)c1csc(C#CCO)c1. The third-order valence-corrected chi connectivity index (χ3v) is 4.22. The van der Waals surface area contributed by atoms with Gasteiger partial charge in [-0.2, -0.15) is 0 Å². The van der Waals surface area contributed by atoms with Crippen molar-refractivity contribution in [2.45, 2.75) is 25.3 Å². The minimum absolute atomic E-state index is 0.168. The lowest BCUT2D eigenvalue weighted by Crippen LogP contribution is -2.48. The van der Waals surface area contributed by atoms with E-state index in [1.807, 2.05) is 0 Å². The van der Waals surface area contributed by atoms with Crippen molar-refractivity contribution in [2.24, 2.45) is 0 Å². The number of piperidine rings is 1. The molecule has 1 amide bonds. The zero-order chi connectivity index (χ0) is 15.2. The third-order valence-electron chi connectivity index (χ3n) is 3.37. The van der Waals surface area contributed by atoms with Crippen molar-refractivity contribution in [3.8, 4) is 11.8 Å². The van der Waals surface area contributed by atoms with E-state index in [-0.39, 0.29) is 18.5 Å². The summed E-state index contributed by atoms with van der Waals surface area (Å²) in [7, 11) is 1.34. The Bertz CT molecular complexity index is 584. The van der Waals surface area contributed by atoms with Gasteiger partial charge in [-0.25, -0.2) is 4.79 Å². The number of hydrogen-bond donors (Lipinski definition) is 1. The van der Waals surface area contributed by atoms with Crippen LogP contribution in [0.15, 0.2) is 11.4 Å². The summed E-state index contributed by atoms with van der Waals surface area (Å²) in [6.07, 6.45) is 2.45. The van der Waals surface area contributed by atoms with Crippen LogP contribution < -0.4 is 0 Å². The summed E-state index contributed by atoms with van der Waals surface area (Å²) in [5, 5.41) is 10.4. The summed E-state index contributed by atoms with van der Waals surface area (Å²) in [4.78, 5) is 26.6. The lowest BCUT2D eigenvalue weighted by molar-refractivity contribution is -0.147. The smallest absolute Gasteiger partial charge is 0.328 e. The van der Waals surface area contributed by atoms with Gasteiger partial charge < -0.3 is 14.7 Å². The van der Waals surface area contributed by atoms with Crippen LogP contribution in [0.4, 0.5) is 0 Å². The normalized spacial score (nSPS) is 17.8. The maximum atomic E-state index is 12.5. The van der Waals surface area contributed by atoms with E-state index in [9.17, 15) is 9.59 Å². The van der Waals surface area contributed by atoms with E-state index in [2.05, 4.69) is 11.8 Å². The number of aliphatic hydroxyl groups excluding tert-OH is 1. The molecule has 1 aliphatic rings. The fraction of sp³-hybridized carbons (Fsp3) is 0.467. The van der Waals surface area contributed by atoms with Crippen LogP contribution in [0, 0.1) is 11.8 Å². The molecule has 2 heterocycles. The summed E-state index contributed by atoms with van der Waals surface area (Å²) in [5.41, 5.74) is 0.526. The first-order valence-corrected chi connectivity index (χ1v) is 7.62. The van der Waals surface area contributed by atoms with Crippen molar-refractivity contribution >= 4 is 23.2 Å². The minimum Gasteiger partial charge on any atom is -0.467 e. The number of carbonyl (C=O) groups is 2. The van der Waals surface area contributed by atoms with Crippen LogP contribution in [0.1, 0.15) is 34.5 Å². The molecule has 6 heteroatoms. The first-order chi connectivity index (χ1) is 10.2. The highest BCUT2D eigenvalue weighted by atomic mass is 32.1. The van der Waals surface area contributed by atoms with Crippen molar-refractivity contribution in [1.82, 2.24) is 4.90 Å². The number of methoxy groups -OCH3 is 1. The van der Waals surface area contributed by atoms with Crippen LogP contribution >= 0.6 is 11.3 Å². The molecule has 5 nitrogen and oxygen atoms in total. The summed E-state index contributed by atoms with van der Waals surface area (Å²) in [6, 6.07) is 1.20. The zero-order valence-corrected chi connectivity index (χ0v) is 12.6. The van der Waals surface area contributed by atoms with Gasteiger partial charge in [-0.05, 0) is 25.3 Å². The lowest BCUT2D eigenvalue weighted by Gasteiger charge is -2.33. The summed E-state index contributed by atoms with van der Waals surface area (Å²) in [5.74, 6) is 4.79. The molecule has 1 N–H and O–H groups in total. The molecular weight excluding hydrogens is 290 g/mol. The van der Waals surface area contributed by atoms with Crippen molar-refractivity contribution in [1.29, 1.82) is 0 Å². The molecule has 0 aromatic carbocycles. The van der Waals surface area contributed by atoms with Crippen molar-refractivity contribution in [2.75, 3.05) is 20.3 Å². The van der Waals surface area contributed by atoms with E-state index in [0.717, 1.165) is 17.7 Å². The number of ether oxygens (including phenoxy) is 1. The Morgan fingerprint density at radius 1 is 1.52 bits per heavy atom. The van der Waals surface area contributed by atoms with Gasteiger partial charge in [0.2, 0.25) is 0 Å². The number of likely N-dealkylation sites (tertiary alicyclic amines) is 1. The van der Waals surface area contributed by atoms with E-state index < -0.39 is 6.04 Å². The molecule has 0 spiro atoms. The molecule has 2 rings (SSSR count). The predicted octanol–water partition coefficient (Wildman–Crippen LogP) is 1.26. The Morgan fingerprint density at radius 2 is 2.33 bits per heavy atom. The van der Waals surface area contributed by atoms with Crippen LogP contribution in [-0.2, 0) is 9.53 Å². The monoisotopic (exact) mass is 307 g/mol. The van der Waals surface area contributed by atoms with Crippen LogP contribution in [0.5, 0.6) is 0 Å². The van der Waals surface area contributed by atoms with E-state index in [1.54, 1.807) is 16.3 Å². The van der Waals surface area contributed by atoms with E-state index >= 15 is 0 Å². The van der Waals surface area contributed by atoms with Crippen molar-refractivity contribution in [3.63, 3.8) is 0 Å². The molecule has 0 bridgehead atoms. The molecule has 1 unspecified atom stereocenters. The van der Waals surface area contributed by atoms with Gasteiger partial charge in [-0.1, -0.05) is 11.8 Å². The van der Waals surface area contributed by atoms with E-state index in [4.69, 9.17) is 9.84 Å². The fourth-order valence-electron chi connectivity index (χ4n) is 2.36. The predicted molar refractivity (Wildman–Crippen MR) is 79.0 cm³/mol. The number of aliphatic hydroxyl groups is 1. The second-order valence-corrected chi connectivity index (χ2v) is 5.60. The number of thiophene rings is 1. The zero-order valence-electron chi connectivity index (χ0n) is 11.8. The molecular formula is C15H17NO4S. The molecule has 0 radical (unpaired) electrons. The van der Waals surface area contributed by atoms with Gasteiger partial charge >= 0.3 is 5.97 Å². The standard InChI is InChI=1S/C15H17NO4S/c1-20-15(19)13-6-2-3-7-16(13)14(18)11-9-12(21-10-11)5-4-8-17/h9-10,13,17H,2-3,6-8H2,1H3. The van der Waals surface area contributed by atoms with Gasteiger partial charge in [0, 0.05) is 11.9 Å². The number of esters is 1. The molecule has 1 aromatic heterocycles. The summed E-state index contributed by atoms with van der Waals surface area (Å²) >= 11 is 1.35. The Kier molecular flexibility index (Phi) is 5.37. The summed E-state index contributed by atoms with van der Waals surface area (Å²) in [6.45, 7) is 0.351. The Labute approximate surface area is 127 Å². The van der Waals surface area contributed by atoms with E-state index in [1.165, 1.54) is 18.4 Å². The topological polar surface area (TPSA) is 66.8 Å². The first kappa shape index (κ1) is 15.5. The van der Waals surface area contributed by atoms with Crippen LogP contribution in [0.2, 0.25) is 0 Å². The van der Waals surface area contributed by atoms with E-state index in [0.29, 0.717) is 18.5 Å². The number of carbonyl (C=O) groups excluding carboxylic acids is 2. The van der Waals surface area contributed by atoms with Crippen LogP contribution in [0.25, 0.3) is 0 Å². The number of rotatable bonds is 2. The van der Waals surface area contributed by atoms with Crippen LogP contribution in [-0.4, -0.2) is 48.2 Å². The fourth-order valence-corrected chi connectivity index (χ4v) is 3.11. The third kappa shape index (κ3) is 3.63. The second-order valence-electron chi connectivity index (χ2n) is 4.69. The largest absolute Gasteiger partial charge is 0.467 e. The molecule has 1 fully saturated rings. The van der Waals surface area contributed by atoms with Crippen molar-refractivity contribution < 1.29 is 19.4 Å². The lowest BCUT2D eigenvalue weighted by atomic mass is 10.0. The maximum absolute atomic E-state index is 12.5. The number of amides is 1. The Hall–Kier alpha value is -1.84. The highest BCUT2D eigenvalue weighted by Gasteiger charge is 2.33. The average molecular weight is 307 g/mol. The second kappa shape index (κ2) is 7.25. The summed E-state index contributed by atoms with van der Waals surface area (Å²) < 4.78 is 4.78. The maximum Gasteiger partial charge on any atom is 0.328 e. The molecule has 0 saturated carbocycles. The Morgan fingerprint density at radius 3 is 3.05 bits per heavy atom. The average Bonchev–Trinajstić information content (AvgIpc) is 3.00. The van der Waals surface area contributed by atoms with Gasteiger partial charge in [-0.15, -0.1) is 11.3 Å². The molecule has 112 valence electrons. The number of nitrogens with zero attached hydrogens (tertiary/aromatic N) is 1. The molecule has 1 aliphatic heterocycles. The van der Waals surface area contributed by atoms with Gasteiger partial charge in [0.15, 0.2) is 0 Å². The van der Waals surface area contributed by atoms with Crippen LogP contribution in [0.3, 0.4) is 0 Å². The van der Waals surface area contributed by atoms with Gasteiger partial charge in [-0.3, -0.25) is 4.79 Å². The minimum atomic E-state index is -0.497. The molecule has 1 atom stereocenters. The van der Waals surface area contributed by atoms with Crippen molar-refractivity contribution in [3.05, 3.63) is 21.9 Å². The van der Waals surface area contributed by atoms with Gasteiger partial charge in [0.1, 0.15) is 12.6 Å². The highest BCUT2D eigenvalue weighted by molar-refractivity contribution is 7.10. The van der Waals surface area contributed by atoms with Gasteiger partial charge in [0.25, 0.3) is 5.91 Å². The number of hydrogen-bond acceptors (Lipinski definition) is 5. The molecule has 0 aliphatic carbocycles. The quantitative estimate of drug-likeness (QED) is 0.660. The first-order valence-electron chi connectivity index (χ1n) is 6.74. The Balaban J connectivity index is 2.16. The molecule has 1 aromatic rings. The molecule has 1 saturated heterocycles. The van der Waals surface area contributed by atoms with Gasteiger partial charge in [0.05, 0.1) is 17.6 Å². The highest BCUT2D eigenvalue weighted by Crippen LogP contribution is 2.23.